The molecule has 1 aromatic carbocycles. The van der Waals surface area contributed by atoms with E-state index in [9.17, 15) is 9.18 Å². The lowest BCUT2D eigenvalue weighted by molar-refractivity contribution is 0.149. The molecule has 0 spiro atoms. The van der Waals surface area contributed by atoms with Crippen LogP contribution in [0.4, 0.5) is 14.9 Å². The molecule has 0 fully saturated rings. The first-order valence-electron chi connectivity index (χ1n) is 7.74. The molecule has 1 aromatic rings. The predicted molar refractivity (Wildman–Crippen MR) is 89.2 cm³/mol. The van der Waals surface area contributed by atoms with Crippen LogP contribution in [0.5, 0.6) is 0 Å². The average molecular weight is 321 g/mol. The quantitative estimate of drug-likeness (QED) is 0.820. The molecule has 5 nitrogen and oxygen atoms in total. The summed E-state index contributed by atoms with van der Waals surface area (Å²) in [6.07, 6.45) is 2.97. The lowest BCUT2D eigenvalue weighted by atomic mass is 10.1. The number of benzene rings is 1. The second kappa shape index (κ2) is 7.97. The predicted octanol–water partition coefficient (Wildman–Crippen LogP) is 2.60. The Hall–Kier alpha value is -2.08. The molecule has 0 aromatic heterocycles. The zero-order chi connectivity index (χ0) is 16.8. The summed E-state index contributed by atoms with van der Waals surface area (Å²) >= 11 is 0. The highest BCUT2D eigenvalue weighted by molar-refractivity contribution is 5.75. The van der Waals surface area contributed by atoms with Gasteiger partial charge < -0.3 is 20.3 Å². The zero-order valence-corrected chi connectivity index (χ0v) is 13.9. The summed E-state index contributed by atoms with van der Waals surface area (Å²) in [5.41, 5.74) is 2.69. The Labute approximate surface area is 136 Å². The first kappa shape index (κ1) is 17.3. The van der Waals surface area contributed by atoms with Crippen molar-refractivity contribution in [2.45, 2.75) is 19.4 Å². The van der Waals surface area contributed by atoms with Gasteiger partial charge in [0.05, 0.1) is 19.3 Å². The van der Waals surface area contributed by atoms with Crippen LogP contribution in [0.1, 0.15) is 24.9 Å². The maximum absolute atomic E-state index is 13.5. The first-order chi connectivity index (χ1) is 11.0. The van der Waals surface area contributed by atoms with E-state index in [1.807, 2.05) is 25.9 Å². The molecule has 1 aliphatic heterocycles. The summed E-state index contributed by atoms with van der Waals surface area (Å²) in [6, 6.07) is 4.00. The van der Waals surface area contributed by atoms with Gasteiger partial charge in [0.1, 0.15) is 5.82 Å². The Kier molecular flexibility index (Phi) is 5.98. The van der Waals surface area contributed by atoms with Gasteiger partial charge in [-0.3, -0.25) is 0 Å². The van der Waals surface area contributed by atoms with Gasteiger partial charge in [0, 0.05) is 31.9 Å². The Morgan fingerprint density at radius 3 is 2.87 bits per heavy atom. The summed E-state index contributed by atoms with van der Waals surface area (Å²) in [7, 11) is 3.78. The van der Waals surface area contributed by atoms with Gasteiger partial charge in [0.25, 0.3) is 0 Å². The van der Waals surface area contributed by atoms with E-state index in [4.69, 9.17) is 4.74 Å². The molecule has 0 radical (unpaired) electrons. The molecule has 0 saturated heterocycles. The molecule has 0 saturated carbocycles. The molecule has 2 N–H and O–H groups in total. The van der Waals surface area contributed by atoms with Crippen molar-refractivity contribution >= 4 is 11.7 Å². The number of hydrogen-bond acceptors (Lipinski definition) is 3. The van der Waals surface area contributed by atoms with Crippen LogP contribution in [-0.4, -0.2) is 39.9 Å². The van der Waals surface area contributed by atoms with Gasteiger partial charge in [-0.25, -0.2) is 9.18 Å². The number of carbonyl (C=O) groups excluding carboxylic acids is 1. The van der Waals surface area contributed by atoms with Gasteiger partial charge in [-0.15, -0.1) is 0 Å². The molecule has 2 amide bonds. The van der Waals surface area contributed by atoms with E-state index in [0.717, 1.165) is 29.9 Å². The lowest BCUT2D eigenvalue weighted by Gasteiger charge is -2.23. The van der Waals surface area contributed by atoms with Crippen LogP contribution in [0.3, 0.4) is 0 Å². The van der Waals surface area contributed by atoms with Crippen molar-refractivity contribution in [3.05, 3.63) is 41.2 Å². The number of amides is 2. The maximum atomic E-state index is 13.5. The third kappa shape index (κ3) is 4.96. The minimum atomic E-state index is -0.316. The van der Waals surface area contributed by atoms with E-state index < -0.39 is 0 Å². The topological polar surface area (TPSA) is 53.6 Å². The summed E-state index contributed by atoms with van der Waals surface area (Å²) < 4.78 is 18.9. The molecule has 0 bridgehead atoms. The molecule has 2 rings (SSSR count). The molecule has 1 aliphatic rings. The summed E-state index contributed by atoms with van der Waals surface area (Å²) in [6.45, 7) is 3.59. The summed E-state index contributed by atoms with van der Waals surface area (Å²) in [4.78, 5) is 13.9. The fourth-order valence-electron chi connectivity index (χ4n) is 2.53. The number of urea groups is 1. The SMILES string of the molecule is CC(NC(=O)NCC1=CCCOC1)c1cc(F)ccc1N(C)C. The van der Waals surface area contributed by atoms with E-state index in [1.54, 1.807) is 6.07 Å². The first-order valence-corrected chi connectivity index (χ1v) is 7.74. The van der Waals surface area contributed by atoms with E-state index in [0.29, 0.717) is 13.2 Å². The van der Waals surface area contributed by atoms with Gasteiger partial charge in [-0.05, 0) is 37.1 Å². The van der Waals surface area contributed by atoms with Crippen LogP contribution in [-0.2, 0) is 4.74 Å². The molecule has 126 valence electrons. The summed E-state index contributed by atoms with van der Waals surface area (Å²) in [5, 5.41) is 5.66. The fourth-order valence-corrected chi connectivity index (χ4v) is 2.53. The van der Waals surface area contributed by atoms with Crippen LogP contribution in [0, 0.1) is 5.82 Å². The molecule has 6 heteroatoms. The standard InChI is InChI=1S/C17H24FN3O2/c1-12(15-9-14(18)6-7-16(15)21(2)3)20-17(22)19-10-13-5-4-8-23-11-13/h5-7,9,12H,4,8,10-11H2,1-3H3,(H2,19,20,22). The minimum Gasteiger partial charge on any atom is -0.377 e. The number of anilines is 1. The molecular weight excluding hydrogens is 297 g/mol. The van der Waals surface area contributed by atoms with E-state index >= 15 is 0 Å². The second-order valence-electron chi connectivity index (χ2n) is 5.85. The second-order valence-corrected chi connectivity index (χ2v) is 5.85. The van der Waals surface area contributed by atoms with Crippen molar-refractivity contribution in [1.82, 2.24) is 10.6 Å². The highest BCUT2D eigenvalue weighted by Gasteiger charge is 2.16. The number of hydrogen-bond donors (Lipinski definition) is 2. The smallest absolute Gasteiger partial charge is 0.315 e. The van der Waals surface area contributed by atoms with Crippen molar-refractivity contribution in [1.29, 1.82) is 0 Å². The van der Waals surface area contributed by atoms with Crippen molar-refractivity contribution in [3.63, 3.8) is 0 Å². The highest BCUT2D eigenvalue weighted by Crippen LogP contribution is 2.25. The Bertz CT molecular complexity index is 587. The van der Waals surface area contributed by atoms with Crippen molar-refractivity contribution in [2.24, 2.45) is 0 Å². The van der Waals surface area contributed by atoms with Gasteiger partial charge in [0.2, 0.25) is 0 Å². The van der Waals surface area contributed by atoms with Crippen molar-refractivity contribution in [2.75, 3.05) is 38.8 Å². The highest BCUT2D eigenvalue weighted by atomic mass is 19.1. The zero-order valence-electron chi connectivity index (χ0n) is 13.9. The van der Waals surface area contributed by atoms with Gasteiger partial charge in [-0.2, -0.15) is 0 Å². The molecule has 1 heterocycles. The van der Waals surface area contributed by atoms with Crippen LogP contribution in [0.2, 0.25) is 0 Å². The molecule has 1 unspecified atom stereocenters. The van der Waals surface area contributed by atoms with Crippen LogP contribution < -0.4 is 15.5 Å². The minimum absolute atomic E-state index is 0.280. The third-order valence-corrected chi connectivity index (χ3v) is 3.74. The average Bonchev–Trinajstić information content (AvgIpc) is 2.53. The number of rotatable bonds is 5. The molecule has 23 heavy (non-hydrogen) atoms. The van der Waals surface area contributed by atoms with Crippen LogP contribution in [0.15, 0.2) is 29.8 Å². The lowest BCUT2D eigenvalue weighted by Crippen LogP contribution is -2.39. The number of carbonyl (C=O) groups is 1. The summed E-state index contributed by atoms with van der Waals surface area (Å²) in [5.74, 6) is -0.316. The van der Waals surface area contributed by atoms with E-state index in [1.165, 1.54) is 12.1 Å². The number of nitrogens with zero attached hydrogens (tertiary/aromatic N) is 1. The number of ether oxygens (including phenoxy) is 1. The van der Waals surface area contributed by atoms with E-state index in [2.05, 4.69) is 16.7 Å². The maximum Gasteiger partial charge on any atom is 0.315 e. The Morgan fingerprint density at radius 2 is 2.22 bits per heavy atom. The normalized spacial score (nSPS) is 15.6. The van der Waals surface area contributed by atoms with Crippen LogP contribution >= 0.6 is 0 Å². The van der Waals surface area contributed by atoms with Gasteiger partial charge in [-0.1, -0.05) is 6.08 Å². The Morgan fingerprint density at radius 1 is 1.43 bits per heavy atom. The molecular formula is C17H24FN3O2. The number of nitrogens with one attached hydrogen (secondary N) is 2. The van der Waals surface area contributed by atoms with Crippen molar-refractivity contribution in [3.8, 4) is 0 Å². The molecule has 1 atom stereocenters. The Balaban J connectivity index is 1.95. The van der Waals surface area contributed by atoms with Crippen LogP contribution in [0.25, 0.3) is 0 Å². The monoisotopic (exact) mass is 321 g/mol. The third-order valence-electron chi connectivity index (χ3n) is 3.74. The van der Waals surface area contributed by atoms with E-state index in [-0.39, 0.29) is 17.9 Å². The van der Waals surface area contributed by atoms with Gasteiger partial charge in [0.15, 0.2) is 0 Å². The number of halogens is 1. The largest absolute Gasteiger partial charge is 0.377 e. The van der Waals surface area contributed by atoms with Gasteiger partial charge >= 0.3 is 6.03 Å². The molecule has 0 aliphatic carbocycles. The fraction of sp³-hybridized carbons (Fsp3) is 0.471. The van der Waals surface area contributed by atoms with Crippen molar-refractivity contribution < 1.29 is 13.9 Å².